The smallest absolute Gasteiger partial charge is 0.133 e. The van der Waals surface area contributed by atoms with E-state index >= 15 is 0 Å². The molecular formula is C6H9N5. The molecule has 1 aliphatic rings. The van der Waals surface area contributed by atoms with Gasteiger partial charge in [0.05, 0.1) is 18.3 Å². The number of nitrogen functional groups attached to an aromatic ring is 1. The minimum Gasteiger partial charge on any atom is -0.383 e. The third-order valence-corrected chi connectivity index (χ3v) is 1.60. The van der Waals surface area contributed by atoms with Crippen LogP contribution < -0.4 is 11.1 Å². The molecule has 2 heterocycles. The van der Waals surface area contributed by atoms with Gasteiger partial charge in [-0.15, -0.1) is 0 Å². The van der Waals surface area contributed by atoms with Crippen LogP contribution in [0, 0.1) is 0 Å². The first-order valence-corrected chi connectivity index (χ1v) is 3.45. The first-order chi connectivity index (χ1) is 5.38. The molecule has 1 aliphatic heterocycles. The van der Waals surface area contributed by atoms with Gasteiger partial charge in [-0.25, -0.2) is 0 Å². The fourth-order valence-electron chi connectivity index (χ4n) is 1.06. The molecule has 0 saturated carbocycles. The summed E-state index contributed by atoms with van der Waals surface area (Å²) in [5.41, 5.74) is 6.44. The molecule has 1 aromatic heterocycles. The van der Waals surface area contributed by atoms with E-state index in [4.69, 9.17) is 5.73 Å². The van der Waals surface area contributed by atoms with Crippen LogP contribution in [0.2, 0.25) is 0 Å². The molecule has 0 spiro atoms. The van der Waals surface area contributed by atoms with E-state index in [1.165, 1.54) is 0 Å². The Morgan fingerprint density at radius 1 is 1.55 bits per heavy atom. The molecule has 1 aromatic rings. The lowest BCUT2D eigenvalue weighted by Crippen LogP contribution is -2.19. The molecule has 2 rings (SSSR count). The van der Waals surface area contributed by atoms with E-state index in [9.17, 15) is 0 Å². The normalized spacial score (nSPS) is 16.2. The number of nitrogens with two attached hydrogens (primary N) is 1. The summed E-state index contributed by atoms with van der Waals surface area (Å²) in [6.45, 7) is 1.71. The first-order valence-electron chi connectivity index (χ1n) is 3.45. The standard InChI is InChI=1S/C6H9N5/c7-5-4(3-10-11-5)6-8-1-2-9-6/h3H,1-2H2,(H,8,9)(H3,7,10,11). The van der Waals surface area contributed by atoms with Crippen molar-refractivity contribution in [2.45, 2.75) is 0 Å². The molecule has 5 nitrogen and oxygen atoms in total. The Hall–Kier alpha value is -1.52. The summed E-state index contributed by atoms with van der Waals surface area (Å²) >= 11 is 0. The van der Waals surface area contributed by atoms with Gasteiger partial charge in [0.1, 0.15) is 11.7 Å². The zero-order valence-corrected chi connectivity index (χ0v) is 5.96. The second kappa shape index (κ2) is 2.26. The van der Waals surface area contributed by atoms with E-state index < -0.39 is 0 Å². The van der Waals surface area contributed by atoms with Crippen molar-refractivity contribution >= 4 is 11.7 Å². The lowest BCUT2D eigenvalue weighted by Gasteiger charge is -1.97. The van der Waals surface area contributed by atoms with Crippen molar-refractivity contribution in [2.24, 2.45) is 4.99 Å². The summed E-state index contributed by atoms with van der Waals surface area (Å²) in [7, 11) is 0. The zero-order chi connectivity index (χ0) is 7.68. The van der Waals surface area contributed by atoms with Gasteiger partial charge in [-0.05, 0) is 0 Å². The number of amidine groups is 1. The molecule has 0 aliphatic carbocycles. The van der Waals surface area contributed by atoms with Crippen molar-refractivity contribution < 1.29 is 0 Å². The number of nitrogens with one attached hydrogen (secondary N) is 2. The highest BCUT2D eigenvalue weighted by Crippen LogP contribution is 2.07. The van der Waals surface area contributed by atoms with Crippen molar-refractivity contribution in [2.75, 3.05) is 18.8 Å². The number of rotatable bonds is 1. The molecule has 0 radical (unpaired) electrons. The topological polar surface area (TPSA) is 79.1 Å². The van der Waals surface area contributed by atoms with E-state index in [1.807, 2.05) is 0 Å². The van der Waals surface area contributed by atoms with Crippen LogP contribution in [0.1, 0.15) is 5.56 Å². The van der Waals surface area contributed by atoms with Gasteiger partial charge in [0.15, 0.2) is 0 Å². The highest BCUT2D eigenvalue weighted by Gasteiger charge is 2.11. The quantitative estimate of drug-likeness (QED) is 0.498. The van der Waals surface area contributed by atoms with Crippen LogP contribution in [0.15, 0.2) is 11.2 Å². The Morgan fingerprint density at radius 3 is 3.00 bits per heavy atom. The third-order valence-electron chi connectivity index (χ3n) is 1.60. The summed E-state index contributed by atoms with van der Waals surface area (Å²) in [5.74, 6) is 1.41. The van der Waals surface area contributed by atoms with E-state index in [1.54, 1.807) is 6.20 Å². The number of nitrogens with zero attached hydrogens (tertiary/aromatic N) is 2. The van der Waals surface area contributed by atoms with Gasteiger partial charge < -0.3 is 11.1 Å². The summed E-state index contributed by atoms with van der Waals surface area (Å²) < 4.78 is 0. The van der Waals surface area contributed by atoms with Crippen LogP contribution in [-0.2, 0) is 0 Å². The highest BCUT2D eigenvalue weighted by atomic mass is 15.2. The van der Waals surface area contributed by atoms with Gasteiger partial charge in [0, 0.05) is 6.54 Å². The van der Waals surface area contributed by atoms with Crippen molar-refractivity contribution in [1.29, 1.82) is 0 Å². The molecule has 4 N–H and O–H groups in total. The summed E-state index contributed by atoms with van der Waals surface area (Å²) in [4.78, 5) is 4.20. The number of hydrogen-bond acceptors (Lipinski definition) is 4. The molecule has 0 unspecified atom stereocenters. The van der Waals surface area contributed by atoms with Crippen LogP contribution in [0.3, 0.4) is 0 Å². The summed E-state index contributed by atoms with van der Waals surface area (Å²) in [6.07, 6.45) is 1.67. The molecule has 0 fully saturated rings. The lowest BCUT2D eigenvalue weighted by atomic mass is 10.3. The van der Waals surface area contributed by atoms with E-state index in [-0.39, 0.29) is 0 Å². The molecule has 0 bridgehead atoms. The number of hydrogen-bond donors (Lipinski definition) is 3. The van der Waals surface area contributed by atoms with Crippen LogP contribution in [-0.4, -0.2) is 29.1 Å². The minimum atomic E-state index is 0.568. The lowest BCUT2D eigenvalue weighted by molar-refractivity contribution is 0.960. The Morgan fingerprint density at radius 2 is 2.45 bits per heavy atom. The summed E-state index contributed by atoms with van der Waals surface area (Å²) in [5, 5.41) is 9.56. The SMILES string of the molecule is Nc1[nH]ncc1C1=NCCN1. The molecule has 5 heteroatoms. The van der Waals surface area contributed by atoms with Crippen molar-refractivity contribution in [3.63, 3.8) is 0 Å². The molecule has 0 aromatic carbocycles. The van der Waals surface area contributed by atoms with Gasteiger partial charge in [0.2, 0.25) is 0 Å². The highest BCUT2D eigenvalue weighted by molar-refractivity contribution is 6.03. The van der Waals surface area contributed by atoms with Gasteiger partial charge in [0.25, 0.3) is 0 Å². The molecule has 11 heavy (non-hydrogen) atoms. The number of anilines is 1. The Kier molecular flexibility index (Phi) is 1.28. The Labute approximate surface area is 63.7 Å². The molecule has 58 valence electrons. The molecule has 0 saturated heterocycles. The zero-order valence-electron chi connectivity index (χ0n) is 5.96. The van der Waals surface area contributed by atoms with E-state index in [2.05, 4.69) is 20.5 Å². The maximum Gasteiger partial charge on any atom is 0.133 e. The fourth-order valence-corrected chi connectivity index (χ4v) is 1.06. The maximum absolute atomic E-state index is 5.58. The molecular weight excluding hydrogens is 142 g/mol. The van der Waals surface area contributed by atoms with Crippen molar-refractivity contribution in [3.05, 3.63) is 11.8 Å². The van der Waals surface area contributed by atoms with E-state index in [0.29, 0.717) is 5.82 Å². The van der Waals surface area contributed by atoms with Gasteiger partial charge in [-0.2, -0.15) is 5.10 Å². The van der Waals surface area contributed by atoms with Crippen molar-refractivity contribution in [3.8, 4) is 0 Å². The predicted molar refractivity (Wildman–Crippen MR) is 42.4 cm³/mol. The van der Waals surface area contributed by atoms with Crippen LogP contribution >= 0.6 is 0 Å². The molecule has 0 amide bonds. The minimum absolute atomic E-state index is 0.568. The largest absolute Gasteiger partial charge is 0.383 e. The number of aromatic nitrogens is 2. The monoisotopic (exact) mass is 151 g/mol. The van der Waals surface area contributed by atoms with Crippen LogP contribution in [0.4, 0.5) is 5.82 Å². The second-order valence-electron chi connectivity index (χ2n) is 2.35. The predicted octanol–water partition coefficient (Wildman–Crippen LogP) is -0.658. The Balaban J connectivity index is 2.35. The fraction of sp³-hybridized carbons (Fsp3) is 0.333. The first kappa shape index (κ1) is 6.21. The Bertz CT molecular complexity index is 287. The average molecular weight is 151 g/mol. The average Bonchev–Trinajstić information content (AvgIpc) is 2.55. The van der Waals surface area contributed by atoms with E-state index in [0.717, 1.165) is 24.5 Å². The van der Waals surface area contributed by atoms with Crippen molar-refractivity contribution in [1.82, 2.24) is 15.5 Å². The second-order valence-corrected chi connectivity index (χ2v) is 2.35. The van der Waals surface area contributed by atoms with Gasteiger partial charge >= 0.3 is 0 Å². The number of H-pyrrole nitrogens is 1. The van der Waals surface area contributed by atoms with Gasteiger partial charge in [-0.1, -0.05) is 0 Å². The number of aliphatic imine (C=N–C) groups is 1. The van der Waals surface area contributed by atoms with Crippen LogP contribution in [0.25, 0.3) is 0 Å². The maximum atomic E-state index is 5.58. The van der Waals surface area contributed by atoms with Gasteiger partial charge in [-0.3, -0.25) is 10.1 Å². The third kappa shape index (κ3) is 0.938. The summed E-state index contributed by atoms with van der Waals surface area (Å²) in [6, 6.07) is 0. The molecule has 0 atom stereocenters. The number of aromatic amines is 1. The van der Waals surface area contributed by atoms with Crippen LogP contribution in [0.5, 0.6) is 0 Å².